The number of aryl methyl sites for hydroxylation is 1. The minimum Gasteiger partial charge on any atom is -0.469 e. The van der Waals surface area contributed by atoms with Gasteiger partial charge in [0.15, 0.2) is 0 Å². The van der Waals surface area contributed by atoms with Crippen LogP contribution < -0.4 is 5.73 Å². The van der Waals surface area contributed by atoms with Gasteiger partial charge in [0.2, 0.25) is 0 Å². The molecule has 14 heavy (non-hydrogen) atoms. The van der Waals surface area contributed by atoms with Gasteiger partial charge in [0.05, 0.1) is 13.0 Å². The van der Waals surface area contributed by atoms with Crippen molar-refractivity contribution in [1.29, 1.82) is 0 Å². The number of nitrogens with two attached hydrogens (primary N) is 1. The van der Waals surface area contributed by atoms with Gasteiger partial charge in [-0.05, 0) is 16.8 Å². The van der Waals surface area contributed by atoms with Gasteiger partial charge in [0.25, 0.3) is 0 Å². The van der Waals surface area contributed by atoms with Crippen molar-refractivity contribution in [1.82, 2.24) is 20.2 Å². The number of nitrogens with zero attached hydrogens (tertiary/aromatic N) is 4. The molecule has 0 aliphatic rings. The van der Waals surface area contributed by atoms with Gasteiger partial charge in [-0.3, -0.25) is 4.79 Å². The number of methoxy groups -OCH3 is 1. The number of carbonyl (C=O) groups excluding carboxylic acids is 1. The quantitative estimate of drug-likeness (QED) is 0.599. The van der Waals surface area contributed by atoms with Crippen LogP contribution >= 0.6 is 0 Å². The number of rotatable bonds is 5. The lowest BCUT2D eigenvalue weighted by Gasteiger charge is -2.10. The molecule has 0 aliphatic heterocycles. The number of esters is 1. The molecule has 0 saturated heterocycles. The van der Waals surface area contributed by atoms with Gasteiger partial charge < -0.3 is 10.5 Å². The van der Waals surface area contributed by atoms with Crippen molar-refractivity contribution >= 4 is 5.97 Å². The Morgan fingerprint density at radius 2 is 2.50 bits per heavy atom. The summed E-state index contributed by atoms with van der Waals surface area (Å²) in [7, 11) is 1.35. The summed E-state index contributed by atoms with van der Waals surface area (Å²) in [5.41, 5.74) is 5.43. The highest BCUT2D eigenvalue weighted by atomic mass is 16.5. The van der Waals surface area contributed by atoms with E-state index in [1.165, 1.54) is 13.4 Å². The summed E-state index contributed by atoms with van der Waals surface area (Å²) in [5.74, 6) is -0.579. The SMILES string of the molecule is COC(=O)C(CN)CCn1cnnn1. The van der Waals surface area contributed by atoms with Crippen molar-refractivity contribution in [2.75, 3.05) is 13.7 Å². The van der Waals surface area contributed by atoms with Gasteiger partial charge in [0, 0.05) is 13.1 Å². The molecule has 7 heteroatoms. The van der Waals surface area contributed by atoms with Crippen molar-refractivity contribution < 1.29 is 9.53 Å². The molecule has 1 unspecified atom stereocenters. The molecule has 78 valence electrons. The first-order chi connectivity index (χ1) is 6.77. The molecule has 0 amide bonds. The molecule has 0 bridgehead atoms. The van der Waals surface area contributed by atoms with E-state index in [9.17, 15) is 4.79 Å². The monoisotopic (exact) mass is 199 g/mol. The van der Waals surface area contributed by atoms with Gasteiger partial charge in [-0.25, -0.2) is 4.68 Å². The minimum absolute atomic E-state index is 0.273. The third kappa shape index (κ3) is 2.77. The van der Waals surface area contributed by atoms with Crippen molar-refractivity contribution in [3.8, 4) is 0 Å². The van der Waals surface area contributed by atoms with Crippen LogP contribution in [0.1, 0.15) is 6.42 Å². The number of carbonyl (C=O) groups is 1. The topological polar surface area (TPSA) is 95.9 Å². The standard InChI is InChI=1S/C7H13N5O2/c1-14-7(13)6(4-8)2-3-12-5-9-10-11-12/h5-6H,2-4,8H2,1H3. The molecule has 0 aliphatic carbocycles. The van der Waals surface area contributed by atoms with E-state index in [1.54, 1.807) is 4.68 Å². The molecule has 1 aromatic rings. The lowest BCUT2D eigenvalue weighted by atomic mass is 10.1. The third-order valence-electron chi connectivity index (χ3n) is 1.92. The van der Waals surface area contributed by atoms with Crippen LogP contribution in [0.15, 0.2) is 6.33 Å². The average Bonchev–Trinajstić information content (AvgIpc) is 2.71. The molecule has 7 nitrogen and oxygen atoms in total. The minimum atomic E-state index is -0.291. The second kappa shape index (κ2) is 5.28. The average molecular weight is 199 g/mol. The van der Waals surface area contributed by atoms with Gasteiger partial charge in [0.1, 0.15) is 6.33 Å². The van der Waals surface area contributed by atoms with Crippen molar-refractivity contribution in [3.05, 3.63) is 6.33 Å². The largest absolute Gasteiger partial charge is 0.469 e. The van der Waals surface area contributed by atoms with Crippen LogP contribution in [-0.2, 0) is 16.1 Å². The van der Waals surface area contributed by atoms with Crippen LogP contribution in [-0.4, -0.2) is 39.8 Å². The van der Waals surface area contributed by atoms with Crippen LogP contribution in [0.5, 0.6) is 0 Å². The maximum absolute atomic E-state index is 11.1. The zero-order valence-corrected chi connectivity index (χ0v) is 7.96. The number of aromatic nitrogens is 4. The summed E-state index contributed by atoms with van der Waals surface area (Å²) in [5, 5.41) is 10.6. The van der Waals surface area contributed by atoms with Crippen molar-refractivity contribution in [2.45, 2.75) is 13.0 Å². The van der Waals surface area contributed by atoms with E-state index in [0.29, 0.717) is 13.0 Å². The van der Waals surface area contributed by atoms with Crippen LogP contribution in [0.3, 0.4) is 0 Å². The predicted molar refractivity (Wildman–Crippen MR) is 47.0 cm³/mol. The van der Waals surface area contributed by atoms with Gasteiger partial charge in [-0.15, -0.1) is 5.10 Å². The van der Waals surface area contributed by atoms with E-state index < -0.39 is 0 Å². The van der Waals surface area contributed by atoms with Gasteiger partial charge in [-0.2, -0.15) is 0 Å². The summed E-state index contributed by atoms with van der Waals surface area (Å²) < 4.78 is 6.14. The first-order valence-electron chi connectivity index (χ1n) is 4.26. The Labute approximate surface area is 81.2 Å². The molecule has 0 saturated carbocycles. The molecule has 1 aromatic heterocycles. The highest BCUT2D eigenvalue weighted by Crippen LogP contribution is 2.04. The first-order valence-corrected chi connectivity index (χ1v) is 4.26. The fraction of sp³-hybridized carbons (Fsp3) is 0.714. The van der Waals surface area contributed by atoms with Crippen molar-refractivity contribution in [3.63, 3.8) is 0 Å². The van der Waals surface area contributed by atoms with E-state index in [0.717, 1.165) is 0 Å². The molecule has 1 rings (SSSR count). The molecule has 0 spiro atoms. The van der Waals surface area contributed by atoms with Crippen LogP contribution in [0, 0.1) is 5.92 Å². The fourth-order valence-corrected chi connectivity index (χ4v) is 1.07. The summed E-state index contributed by atoms with van der Waals surface area (Å²) >= 11 is 0. The number of tetrazole rings is 1. The summed E-state index contributed by atoms with van der Waals surface area (Å²) in [4.78, 5) is 11.1. The maximum atomic E-state index is 11.1. The summed E-state index contributed by atoms with van der Waals surface area (Å²) in [6.45, 7) is 0.832. The lowest BCUT2D eigenvalue weighted by molar-refractivity contribution is -0.145. The number of ether oxygens (including phenoxy) is 1. The molecular weight excluding hydrogens is 186 g/mol. The Hall–Kier alpha value is -1.50. The highest BCUT2D eigenvalue weighted by Gasteiger charge is 2.16. The zero-order chi connectivity index (χ0) is 10.4. The molecule has 0 aromatic carbocycles. The highest BCUT2D eigenvalue weighted by molar-refractivity contribution is 5.72. The molecule has 0 fully saturated rings. The summed E-state index contributed by atoms with van der Waals surface area (Å²) in [6, 6.07) is 0. The Morgan fingerprint density at radius 3 is 3.00 bits per heavy atom. The molecule has 1 heterocycles. The predicted octanol–water partition coefficient (Wildman–Crippen LogP) is -1.19. The van der Waals surface area contributed by atoms with Crippen molar-refractivity contribution in [2.24, 2.45) is 11.7 Å². The Balaban J connectivity index is 2.38. The van der Waals surface area contributed by atoms with E-state index in [-0.39, 0.29) is 18.4 Å². The van der Waals surface area contributed by atoms with Crippen LogP contribution in [0.2, 0.25) is 0 Å². The zero-order valence-electron chi connectivity index (χ0n) is 7.96. The van der Waals surface area contributed by atoms with Crippen LogP contribution in [0.4, 0.5) is 0 Å². The first kappa shape index (κ1) is 10.6. The normalized spacial score (nSPS) is 12.4. The Bertz CT molecular complexity index is 274. The Kier molecular flexibility index (Phi) is 3.99. The molecule has 1 atom stereocenters. The van der Waals surface area contributed by atoms with Gasteiger partial charge in [-0.1, -0.05) is 0 Å². The number of hydrogen-bond acceptors (Lipinski definition) is 6. The Morgan fingerprint density at radius 1 is 1.71 bits per heavy atom. The van der Waals surface area contributed by atoms with Gasteiger partial charge >= 0.3 is 5.97 Å². The smallest absolute Gasteiger partial charge is 0.310 e. The van der Waals surface area contributed by atoms with E-state index in [2.05, 4.69) is 20.3 Å². The van der Waals surface area contributed by atoms with E-state index >= 15 is 0 Å². The summed E-state index contributed by atoms with van der Waals surface area (Å²) in [6.07, 6.45) is 2.07. The lowest BCUT2D eigenvalue weighted by Crippen LogP contribution is -2.26. The third-order valence-corrected chi connectivity index (χ3v) is 1.92. The second-order valence-corrected chi connectivity index (χ2v) is 2.82. The second-order valence-electron chi connectivity index (χ2n) is 2.82. The van der Waals surface area contributed by atoms with E-state index in [1.807, 2.05) is 0 Å². The van der Waals surface area contributed by atoms with Crippen LogP contribution in [0.25, 0.3) is 0 Å². The van der Waals surface area contributed by atoms with E-state index in [4.69, 9.17) is 5.73 Å². The fourth-order valence-electron chi connectivity index (χ4n) is 1.07. The maximum Gasteiger partial charge on any atom is 0.310 e. The molecule has 0 radical (unpaired) electrons. The number of hydrogen-bond donors (Lipinski definition) is 1. The molecule has 2 N–H and O–H groups in total. The molecular formula is C7H13N5O2.